The van der Waals surface area contributed by atoms with Gasteiger partial charge in [-0.3, -0.25) is 9.69 Å². The zero-order valence-corrected chi connectivity index (χ0v) is 15.3. The maximum absolute atomic E-state index is 12.0. The van der Waals surface area contributed by atoms with Gasteiger partial charge in [0.25, 0.3) is 5.91 Å². The van der Waals surface area contributed by atoms with Crippen molar-refractivity contribution in [1.82, 2.24) is 15.2 Å². The predicted octanol–water partition coefficient (Wildman–Crippen LogP) is 3.26. The van der Waals surface area contributed by atoms with E-state index in [1.165, 1.54) is 53.9 Å². The number of nitrogens with one attached hydrogen (secondary N) is 1. The normalized spacial score (nSPS) is 21.0. The van der Waals surface area contributed by atoms with E-state index in [0.29, 0.717) is 18.2 Å². The van der Waals surface area contributed by atoms with E-state index in [2.05, 4.69) is 10.2 Å². The summed E-state index contributed by atoms with van der Waals surface area (Å²) in [7, 11) is 0. The first kappa shape index (κ1) is 16.8. The quantitative estimate of drug-likeness (QED) is 0.890. The van der Waals surface area contributed by atoms with Crippen LogP contribution in [0.25, 0.3) is 0 Å². The lowest BCUT2D eigenvalue weighted by atomic mass is 9.98. The van der Waals surface area contributed by atoms with Crippen molar-refractivity contribution in [3.63, 3.8) is 0 Å². The molecule has 1 atom stereocenters. The average Bonchev–Trinajstić information content (AvgIpc) is 3.29. The molecule has 3 heterocycles. The third kappa shape index (κ3) is 4.12. The fourth-order valence-corrected chi connectivity index (χ4v) is 5.06. The van der Waals surface area contributed by atoms with Crippen LogP contribution in [0.1, 0.15) is 51.8 Å². The summed E-state index contributed by atoms with van der Waals surface area (Å²) in [5.41, 5.74) is 1.35. The van der Waals surface area contributed by atoms with Crippen LogP contribution in [0.5, 0.6) is 0 Å². The number of hydrogen-bond donors (Lipinski definition) is 1. The second-order valence-corrected chi connectivity index (χ2v) is 8.28. The number of nitrogens with zero attached hydrogens (tertiary/aromatic N) is 2. The van der Waals surface area contributed by atoms with Crippen molar-refractivity contribution in [3.05, 3.63) is 39.7 Å². The van der Waals surface area contributed by atoms with Crippen molar-refractivity contribution in [1.29, 1.82) is 0 Å². The zero-order valence-electron chi connectivity index (χ0n) is 14.5. The molecule has 134 valence electrons. The molecule has 0 bridgehead atoms. The van der Waals surface area contributed by atoms with Crippen molar-refractivity contribution in [3.8, 4) is 0 Å². The van der Waals surface area contributed by atoms with Crippen LogP contribution in [0.4, 0.5) is 0 Å². The minimum absolute atomic E-state index is 0.116. The highest BCUT2D eigenvalue weighted by Crippen LogP contribution is 2.28. The number of carbonyl (C=O) groups excluding carboxylic acids is 1. The van der Waals surface area contributed by atoms with Gasteiger partial charge < -0.3 is 9.73 Å². The van der Waals surface area contributed by atoms with Crippen LogP contribution in [0.15, 0.2) is 22.8 Å². The number of carbonyl (C=O) groups is 1. The fourth-order valence-electron chi connectivity index (χ4n) is 3.86. The number of rotatable bonds is 5. The molecule has 1 amide bonds. The molecule has 0 aromatic carbocycles. The number of hydrogen-bond acceptors (Lipinski definition) is 5. The third-order valence-electron chi connectivity index (χ3n) is 5.15. The summed E-state index contributed by atoms with van der Waals surface area (Å²) in [5.74, 6) is 0.776. The summed E-state index contributed by atoms with van der Waals surface area (Å²) < 4.78 is 5.15. The van der Waals surface area contributed by atoms with Gasteiger partial charge in [-0.05, 0) is 63.1 Å². The van der Waals surface area contributed by atoms with E-state index < -0.39 is 0 Å². The number of thiazole rings is 1. The fraction of sp³-hybridized carbons (Fsp3) is 0.579. The van der Waals surface area contributed by atoms with Gasteiger partial charge in [0.05, 0.1) is 18.5 Å². The second kappa shape index (κ2) is 7.70. The molecule has 2 aliphatic rings. The molecule has 6 heteroatoms. The SMILES string of the molecule is O=C(NC[C@@H]1CCCN(Cc2nc3c(s2)CCCC3)C1)c1ccco1. The lowest BCUT2D eigenvalue weighted by molar-refractivity contribution is 0.0903. The van der Waals surface area contributed by atoms with Gasteiger partial charge in [-0.15, -0.1) is 11.3 Å². The van der Waals surface area contributed by atoms with Gasteiger partial charge in [-0.25, -0.2) is 4.98 Å². The van der Waals surface area contributed by atoms with Crippen molar-refractivity contribution in [2.45, 2.75) is 45.1 Å². The Hall–Kier alpha value is -1.66. The van der Waals surface area contributed by atoms with Gasteiger partial charge in [0.2, 0.25) is 0 Å². The van der Waals surface area contributed by atoms with Crippen molar-refractivity contribution >= 4 is 17.2 Å². The zero-order chi connectivity index (χ0) is 17.1. The Morgan fingerprint density at radius 3 is 3.12 bits per heavy atom. The van der Waals surface area contributed by atoms with Gasteiger partial charge >= 0.3 is 0 Å². The first-order valence-electron chi connectivity index (χ1n) is 9.29. The number of furan rings is 1. The number of likely N-dealkylation sites (tertiary alicyclic amines) is 1. The summed E-state index contributed by atoms with van der Waals surface area (Å²) >= 11 is 1.91. The topological polar surface area (TPSA) is 58.4 Å². The maximum atomic E-state index is 12.0. The lowest BCUT2D eigenvalue weighted by Crippen LogP contribution is -2.40. The Morgan fingerprint density at radius 1 is 1.36 bits per heavy atom. The molecule has 2 aromatic rings. The molecule has 1 fully saturated rings. The van der Waals surface area contributed by atoms with Gasteiger partial charge in [0.15, 0.2) is 5.76 Å². The summed E-state index contributed by atoms with van der Waals surface area (Å²) in [4.78, 5) is 20.9. The smallest absolute Gasteiger partial charge is 0.286 e. The Labute approximate surface area is 152 Å². The van der Waals surface area contributed by atoms with E-state index in [0.717, 1.165) is 26.1 Å². The molecule has 1 saturated heterocycles. The first-order chi connectivity index (χ1) is 12.3. The van der Waals surface area contributed by atoms with Crippen LogP contribution >= 0.6 is 11.3 Å². The van der Waals surface area contributed by atoms with Crippen molar-refractivity contribution in [2.75, 3.05) is 19.6 Å². The Balaban J connectivity index is 1.29. The molecule has 1 aliphatic carbocycles. The van der Waals surface area contributed by atoms with Crippen LogP contribution in [0, 0.1) is 5.92 Å². The van der Waals surface area contributed by atoms with E-state index in [1.807, 2.05) is 11.3 Å². The number of aromatic nitrogens is 1. The Bertz CT molecular complexity index is 687. The molecule has 4 rings (SSSR count). The highest BCUT2D eigenvalue weighted by atomic mass is 32.1. The standard InChI is InChI=1S/C19H25N3O2S/c23-19(16-7-4-10-24-16)20-11-14-5-3-9-22(12-14)13-18-21-15-6-1-2-8-17(15)25-18/h4,7,10,14H,1-3,5-6,8-9,11-13H2,(H,20,23)/t14-/m0/s1. The third-order valence-corrected chi connectivity index (χ3v) is 6.29. The monoisotopic (exact) mass is 359 g/mol. The first-order valence-corrected chi connectivity index (χ1v) is 10.1. The minimum Gasteiger partial charge on any atom is -0.459 e. The van der Waals surface area contributed by atoms with E-state index in [4.69, 9.17) is 9.40 Å². The van der Waals surface area contributed by atoms with E-state index in [-0.39, 0.29) is 5.91 Å². The maximum Gasteiger partial charge on any atom is 0.286 e. The van der Waals surface area contributed by atoms with Crippen LogP contribution in [0.2, 0.25) is 0 Å². The molecule has 0 radical (unpaired) electrons. The van der Waals surface area contributed by atoms with Crippen molar-refractivity contribution in [2.24, 2.45) is 5.92 Å². The molecule has 0 saturated carbocycles. The number of aryl methyl sites for hydroxylation is 2. The molecule has 25 heavy (non-hydrogen) atoms. The van der Waals surface area contributed by atoms with Crippen LogP contribution in [0.3, 0.4) is 0 Å². The van der Waals surface area contributed by atoms with E-state index >= 15 is 0 Å². The Kier molecular flexibility index (Phi) is 5.17. The minimum atomic E-state index is -0.116. The second-order valence-electron chi connectivity index (χ2n) is 7.12. The molecule has 1 N–H and O–H groups in total. The van der Waals surface area contributed by atoms with Gasteiger partial charge in [-0.1, -0.05) is 0 Å². The Morgan fingerprint density at radius 2 is 2.28 bits per heavy atom. The van der Waals surface area contributed by atoms with Gasteiger partial charge in [-0.2, -0.15) is 0 Å². The molecule has 5 nitrogen and oxygen atoms in total. The average molecular weight is 359 g/mol. The van der Waals surface area contributed by atoms with E-state index in [9.17, 15) is 4.79 Å². The summed E-state index contributed by atoms with van der Waals surface area (Å²) in [6, 6.07) is 3.44. The highest BCUT2D eigenvalue weighted by Gasteiger charge is 2.23. The van der Waals surface area contributed by atoms with Crippen LogP contribution < -0.4 is 5.32 Å². The molecular formula is C19H25N3O2S. The van der Waals surface area contributed by atoms with Gasteiger partial charge in [0.1, 0.15) is 5.01 Å². The molecule has 2 aromatic heterocycles. The van der Waals surface area contributed by atoms with Crippen LogP contribution in [-0.2, 0) is 19.4 Å². The number of piperidine rings is 1. The van der Waals surface area contributed by atoms with E-state index in [1.54, 1.807) is 12.1 Å². The summed E-state index contributed by atoms with van der Waals surface area (Å²) in [6.45, 7) is 3.83. The molecule has 0 unspecified atom stereocenters. The summed E-state index contributed by atoms with van der Waals surface area (Å²) in [6.07, 6.45) is 8.87. The van der Waals surface area contributed by atoms with Gasteiger partial charge in [0, 0.05) is 18.0 Å². The lowest BCUT2D eigenvalue weighted by Gasteiger charge is -2.32. The summed E-state index contributed by atoms with van der Waals surface area (Å²) in [5, 5.41) is 4.28. The highest BCUT2D eigenvalue weighted by molar-refractivity contribution is 7.11. The predicted molar refractivity (Wildman–Crippen MR) is 97.8 cm³/mol. The molecule has 0 spiro atoms. The number of amides is 1. The van der Waals surface area contributed by atoms with Crippen molar-refractivity contribution < 1.29 is 9.21 Å². The largest absolute Gasteiger partial charge is 0.459 e. The molecule has 1 aliphatic heterocycles. The molecular weight excluding hydrogens is 334 g/mol. The van der Waals surface area contributed by atoms with Crippen LogP contribution in [-0.4, -0.2) is 35.4 Å². The number of fused-ring (bicyclic) bond motifs is 1.